The molecule has 2 aromatic heterocycles. The number of nitrogens with zero attached hydrogens (tertiary/aromatic N) is 6. The van der Waals surface area contributed by atoms with Crippen LogP contribution in [-0.2, 0) is 0 Å². The molecule has 1 unspecified atom stereocenters. The largest absolute Gasteiger partial charge is 0.395 e. The number of hydrogen-bond donors (Lipinski definition) is 1. The van der Waals surface area contributed by atoms with Crippen LogP contribution in [0.2, 0.25) is 0 Å². The SMILES string of the molecule is Cc1nc2ccc(N3CCN(CCO)CC3C)nn2n1. The van der Waals surface area contributed by atoms with E-state index in [9.17, 15) is 0 Å². The zero-order chi connectivity index (χ0) is 14.1. The molecule has 3 rings (SSSR count). The third-order valence-electron chi connectivity index (χ3n) is 3.72. The third kappa shape index (κ3) is 2.46. The molecule has 108 valence electrons. The highest BCUT2D eigenvalue weighted by atomic mass is 16.3. The Labute approximate surface area is 117 Å². The summed E-state index contributed by atoms with van der Waals surface area (Å²) in [6, 6.07) is 4.32. The number of aliphatic hydroxyl groups excluding tert-OH is 1. The molecule has 0 aliphatic carbocycles. The van der Waals surface area contributed by atoms with Crippen LogP contribution in [0.5, 0.6) is 0 Å². The van der Waals surface area contributed by atoms with Crippen molar-refractivity contribution in [3.05, 3.63) is 18.0 Å². The summed E-state index contributed by atoms with van der Waals surface area (Å²) < 4.78 is 1.59. The van der Waals surface area contributed by atoms with E-state index in [2.05, 4.69) is 31.9 Å². The summed E-state index contributed by atoms with van der Waals surface area (Å²) in [4.78, 5) is 8.85. The molecule has 0 spiro atoms. The monoisotopic (exact) mass is 276 g/mol. The van der Waals surface area contributed by atoms with Gasteiger partial charge in [-0.15, -0.1) is 14.8 Å². The van der Waals surface area contributed by atoms with Crippen LogP contribution < -0.4 is 4.90 Å². The molecule has 1 aliphatic rings. The molecule has 1 atom stereocenters. The number of aryl methyl sites for hydroxylation is 1. The Kier molecular flexibility index (Phi) is 3.54. The third-order valence-corrected chi connectivity index (χ3v) is 3.72. The van der Waals surface area contributed by atoms with E-state index < -0.39 is 0 Å². The lowest BCUT2D eigenvalue weighted by Gasteiger charge is -2.40. The van der Waals surface area contributed by atoms with Gasteiger partial charge in [-0.05, 0) is 26.0 Å². The Bertz CT molecular complexity index is 598. The van der Waals surface area contributed by atoms with Gasteiger partial charge in [-0.1, -0.05) is 0 Å². The van der Waals surface area contributed by atoms with Crippen LogP contribution in [0.4, 0.5) is 5.82 Å². The first-order chi connectivity index (χ1) is 9.67. The number of β-amino-alcohol motifs (C(OH)–C–C–N with tert-alkyl or cyclic N) is 1. The first-order valence-electron chi connectivity index (χ1n) is 6.98. The molecule has 1 fully saturated rings. The van der Waals surface area contributed by atoms with E-state index in [1.165, 1.54) is 0 Å². The quantitative estimate of drug-likeness (QED) is 0.846. The maximum atomic E-state index is 9.02. The summed E-state index contributed by atoms with van der Waals surface area (Å²) in [5, 5.41) is 17.8. The summed E-state index contributed by atoms with van der Waals surface area (Å²) in [5.74, 6) is 1.66. The molecule has 1 saturated heterocycles. The van der Waals surface area contributed by atoms with Gasteiger partial charge < -0.3 is 10.0 Å². The Hall–Kier alpha value is -1.73. The highest BCUT2D eigenvalue weighted by Crippen LogP contribution is 2.18. The van der Waals surface area contributed by atoms with Gasteiger partial charge in [0.05, 0.1) is 6.61 Å². The highest BCUT2D eigenvalue weighted by Gasteiger charge is 2.24. The van der Waals surface area contributed by atoms with Crippen LogP contribution >= 0.6 is 0 Å². The molecule has 20 heavy (non-hydrogen) atoms. The van der Waals surface area contributed by atoms with Gasteiger partial charge in [-0.2, -0.15) is 0 Å². The van der Waals surface area contributed by atoms with Gasteiger partial charge in [0.2, 0.25) is 0 Å². The molecule has 0 radical (unpaired) electrons. The molecular weight excluding hydrogens is 256 g/mol. The molecule has 0 aromatic carbocycles. The summed E-state index contributed by atoms with van der Waals surface area (Å²) in [6.07, 6.45) is 0. The molecule has 1 aliphatic heterocycles. The average molecular weight is 276 g/mol. The minimum atomic E-state index is 0.217. The number of piperazine rings is 1. The number of anilines is 1. The van der Waals surface area contributed by atoms with E-state index >= 15 is 0 Å². The maximum Gasteiger partial charge on any atom is 0.176 e. The lowest BCUT2D eigenvalue weighted by molar-refractivity contribution is 0.173. The fraction of sp³-hybridized carbons (Fsp3) is 0.615. The normalized spacial score (nSPS) is 20.8. The van der Waals surface area contributed by atoms with Crippen molar-refractivity contribution in [3.63, 3.8) is 0 Å². The van der Waals surface area contributed by atoms with Gasteiger partial charge in [0, 0.05) is 32.2 Å². The smallest absolute Gasteiger partial charge is 0.176 e. The Morgan fingerprint density at radius 3 is 2.90 bits per heavy atom. The molecule has 0 amide bonds. The van der Waals surface area contributed by atoms with Crippen molar-refractivity contribution >= 4 is 11.5 Å². The second-order valence-corrected chi connectivity index (χ2v) is 5.26. The first kappa shape index (κ1) is 13.3. The standard InChI is InChI=1S/C13H20N6O/c1-10-9-17(7-8-20)5-6-18(10)13-4-3-12-14-11(2)15-19(12)16-13/h3-4,10,20H,5-9H2,1-2H3. The van der Waals surface area contributed by atoms with Crippen LogP contribution in [0.25, 0.3) is 5.65 Å². The van der Waals surface area contributed by atoms with Crippen molar-refractivity contribution in [1.82, 2.24) is 24.7 Å². The Morgan fingerprint density at radius 2 is 2.15 bits per heavy atom. The topological polar surface area (TPSA) is 69.8 Å². The van der Waals surface area contributed by atoms with Gasteiger partial charge >= 0.3 is 0 Å². The van der Waals surface area contributed by atoms with Crippen LogP contribution in [0.3, 0.4) is 0 Å². The Balaban J connectivity index is 1.80. The van der Waals surface area contributed by atoms with Crippen molar-refractivity contribution in [1.29, 1.82) is 0 Å². The molecule has 2 aromatic rings. The predicted octanol–water partition coefficient (Wildman–Crippen LogP) is -0.0645. The second-order valence-electron chi connectivity index (χ2n) is 5.26. The van der Waals surface area contributed by atoms with Crippen LogP contribution in [0.1, 0.15) is 12.7 Å². The van der Waals surface area contributed by atoms with Crippen LogP contribution in [0, 0.1) is 6.92 Å². The second kappa shape index (κ2) is 5.34. The number of aliphatic hydroxyl groups is 1. The molecule has 1 N–H and O–H groups in total. The summed E-state index contributed by atoms with van der Waals surface area (Å²) in [6.45, 7) is 7.81. The fourth-order valence-corrected chi connectivity index (χ4v) is 2.75. The van der Waals surface area contributed by atoms with E-state index in [0.29, 0.717) is 6.04 Å². The van der Waals surface area contributed by atoms with Gasteiger partial charge in [0.1, 0.15) is 5.82 Å². The molecular formula is C13H20N6O. The predicted molar refractivity (Wildman–Crippen MR) is 75.9 cm³/mol. The summed E-state index contributed by atoms with van der Waals surface area (Å²) >= 11 is 0. The first-order valence-corrected chi connectivity index (χ1v) is 6.98. The lowest BCUT2D eigenvalue weighted by Crippen LogP contribution is -2.52. The van der Waals surface area contributed by atoms with Gasteiger partial charge in [0.15, 0.2) is 11.5 Å². The minimum Gasteiger partial charge on any atom is -0.395 e. The van der Waals surface area contributed by atoms with Crippen LogP contribution in [-0.4, -0.2) is 68.6 Å². The molecule has 0 saturated carbocycles. The number of rotatable bonds is 3. The molecule has 7 heteroatoms. The maximum absolute atomic E-state index is 9.02. The Morgan fingerprint density at radius 1 is 1.30 bits per heavy atom. The molecule has 3 heterocycles. The number of aromatic nitrogens is 4. The molecule has 0 bridgehead atoms. The van der Waals surface area contributed by atoms with E-state index in [4.69, 9.17) is 5.11 Å². The van der Waals surface area contributed by atoms with Crippen LogP contribution in [0.15, 0.2) is 12.1 Å². The van der Waals surface area contributed by atoms with Crippen molar-refractivity contribution < 1.29 is 5.11 Å². The summed E-state index contributed by atoms with van der Waals surface area (Å²) in [5.41, 5.74) is 0.776. The summed E-state index contributed by atoms with van der Waals surface area (Å²) in [7, 11) is 0. The van der Waals surface area contributed by atoms with Gasteiger partial charge in [-0.25, -0.2) is 4.98 Å². The number of hydrogen-bond acceptors (Lipinski definition) is 6. The van der Waals surface area contributed by atoms with Crippen molar-refractivity contribution in [2.75, 3.05) is 37.7 Å². The van der Waals surface area contributed by atoms with Gasteiger partial charge in [-0.3, -0.25) is 4.90 Å². The van der Waals surface area contributed by atoms with E-state index in [1.807, 2.05) is 19.1 Å². The van der Waals surface area contributed by atoms with Gasteiger partial charge in [0.25, 0.3) is 0 Å². The lowest BCUT2D eigenvalue weighted by atomic mass is 10.2. The van der Waals surface area contributed by atoms with E-state index in [1.54, 1.807) is 4.63 Å². The fourth-order valence-electron chi connectivity index (χ4n) is 2.75. The highest BCUT2D eigenvalue weighted by molar-refractivity contribution is 5.46. The minimum absolute atomic E-state index is 0.217. The number of fused-ring (bicyclic) bond motifs is 1. The molecule has 7 nitrogen and oxygen atoms in total. The zero-order valence-corrected chi connectivity index (χ0v) is 11.9. The van der Waals surface area contributed by atoms with E-state index in [0.717, 1.165) is 43.5 Å². The van der Waals surface area contributed by atoms with E-state index in [-0.39, 0.29) is 6.61 Å². The van der Waals surface area contributed by atoms with Crippen molar-refractivity contribution in [2.24, 2.45) is 0 Å². The average Bonchev–Trinajstić information content (AvgIpc) is 2.78. The van der Waals surface area contributed by atoms with Crippen molar-refractivity contribution in [2.45, 2.75) is 19.9 Å². The zero-order valence-electron chi connectivity index (χ0n) is 11.9. The van der Waals surface area contributed by atoms with Crippen molar-refractivity contribution in [3.8, 4) is 0 Å².